The Morgan fingerprint density at radius 2 is 2.24 bits per heavy atom. The van der Waals surface area contributed by atoms with Crippen molar-refractivity contribution in [1.29, 1.82) is 0 Å². The van der Waals surface area contributed by atoms with Crippen LogP contribution < -0.4 is 10.6 Å². The number of rotatable bonds is 5. The van der Waals surface area contributed by atoms with E-state index in [0.29, 0.717) is 18.2 Å². The summed E-state index contributed by atoms with van der Waals surface area (Å²) in [7, 11) is 2.08. The second-order valence-corrected chi connectivity index (χ2v) is 4.96. The lowest BCUT2D eigenvalue weighted by atomic mass is 10.1. The highest BCUT2D eigenvalue weighted by Crippen LogP contribution is 2.12. The summed E-state index contributed by atoms with van der Waals surface area (Å²) in [5, 5.41) is 5.45. The van der Waals surface area contributed by atoms with E-state index in [2.05, 4.69) is 35.2 Å². The van der Waals surface area contributed by atoms with Gasteiger partial charge in [-0.25, -0.2) is 0 Å². The molecule has 17 heavy (non-hydrogen) atoms. The molecule has 0 bridgehead atoms. The number of likely N-dealkylation sites (tertiary alicyclic amines) is 1. The quantitative estimate of drug-likeness (QED) is 0.583. The monoisotopic (exact) mass is 259 g/mol. The van der Waals surface area contributed by atoms with Gasteiger partial charge >= 0.3 is 0 Å². The summed E-state index contributed by atoms with van der Waals surface area (Å²) >= 11 is 4.06. The molecule has 98 valence electrons. The second-order valence-electron chi connectivity index (χ2n) is 4.60. The van der Waals surface area contributed by atoms with Crippen LogP contribution in [0.2, 0.25) is 0 Å². The predicted molar refractivity (Wildman–Crippen MR) is 70.1 cm³/mol. The van der Waals surface area contributed by atoms with Crippen molar-refractivity contribution in [3.05, 3.63) is 0 Å². The van der Waals surface area contributed by atoms with E-state index in [1.165, 1.54) is 6.92 Å². The predicted octanol–water partition coefficient (Wildman–Crippen LogP) is -0.511. The molecule has 1 heterocycles. The van der Waals surface area contributed by atoms with Crippen molar-refractivity contribution in [3.63, 3.8) is 0 Å². The van der Waals surface area contributed by atoms with E-state index in [9.17, 15) is 9.59 Å². The van der Waals surface area contributed by atoms with Gasteiger partial charge in [-0.15, -0.1) is 0 Å². The smallest absolute Gasteiger partial charge is 0.243 e. The van der Waals surface area contributed by atoms with Crippen molar-refractivity contribution >= 4 is 24.4 Å². The first-order valence-electron chi connectivity index (χ1n) is 5.87. The topological polar surface area (TPSA) is 61.4 Å². The van der Waals surface area contributed by atoms with Crippen LogP contribution in [0.5, 0.6) is 0 Å². The summed E-state index contributed by atoms with van der Waals surface area (Å²) in [5.41, 5.74) is 0. The third-order valence-corrected chi connectivity index (χ3v) is 3.30. The Kier molecular flexibility index (Phi) is 5.77. The summed E-state index contributed by atoms with van der Waals surface area (Å²) in [6, 6.07) is -0.532. The number of carbonyl (C=O) groups is 2. The molecule has 0 spiro atoms. The SMILES string of the molecule is CC(=O)NC(CS)C(=O)NCC1CCN(C)C1. The van der Waals surface area contributed by atoms with Gasteiger partial charge in [-0.1, -0.05) is 0 Å². The Bertz CT molecular complexity index is 286. The minimum absolute atomic E-state index is 0.148. The number of thiol groups is 1. The molecule has 1 rings (SSSR count). The van der Waals surface area contributed by atoms with E-state index in [4.69, 9.17) is 0 Å². The summed E-state index contributed by atoms with van der Waals surface area (Å²) in [5.74, 6) is 0.474. The summed E-state index contributed by atoms with van der Waals surface area (Å²) in [6.07, 6.45) is 1.11. The van der Waals surface area contributed by atoms with E-state index in [1.54, 1.807) is 0 Å². The lowest BCUT2D eigenvalue weighted by Gasteiger charge is -2.17. The largest absolute Gasteiger partial charge is 0.354 e. The first-order valence-corrected chi connectivity index (χ1v) is 6.50. The van der Waals surface area contributed by atoms with Gasteiger partial charge in [-0.3, -0.25) is 9.59 Å². The van der Waals surface area contributed by atoms with Crippen LogP contribution in [-0.2, 0) is 9.59 Å². The molecule has 1 saturated heterocycles. The molecule has 2 atom stereocenters. The normalized spacial score (nSPS) is 22.2. The van der Waals surface area contributed by atoms with Gasteiger partial charge in [0.1, 0.15) is 6.04 Å². The fraction of sp³-hybridized carbons (Fsp3) is 0.818. The third kappa shape index (κ3) is 4.95. The molecule has 0 aliphatic carbocycles. The standard InChI is InChI=1S/C11H21N3O2S/c1-8(15)13-10(7-17)11(16)12-5-9-3-4-14(2)6-9/h9-10,17H,3-7H2,1-2H3,(H,12,16)(H,13,15). The maximum Gasteiger partial charge on any atom is 0.243 e. The number of nitrogens with zero attached hydrogens (tertiary/aromatic N) is 1. The molecule has 0 aromatic rings. The van der Waals surface area contributed by atoms with Crippen LogP contribution >= 0.6 is 12.6 Å². The molecule has 2 N–H and O–H groups in total. The minimum Gasteiger partial charge on any atom is -0.354 e. The Balaban J connectivity index is 2.29. The molecule has 0 radical (unpaired) electrons. The Morgan fingerprint density at radius 1 is 1.53 bits per heavy atom. The number of nitrogens with one attached hydrogen (secondary N) is 2. The molecule has 1 aliphatic heterocycles. The van der Waals surface area contributed by atoms with E-state index in [1.807, 2.05) is 0 Å². The fourth-order valence-electron chi connectivity index (χ4n) is 2.00. The molecule has 5 nitrogen and oxygen atoms in total. The Labute approximate surface area is 108 Å². The molecule has 0 saturated carbocycles. The van der Waals surface area contributed by atoms with Crippen LogP contribution in [0.3, 0.4) is 0 Å². The fourth-order valence-corrected chi connectivity index (χ4v) is 2.26. The molecule has 0 aromatic carbocycles. The number of carbonyl (C=O) groups excluding carboxylic acids is 2. The zero-order valence-corrected chi connectivity index (χ0v) is 11.3. The number of hydrogen-bond donors (Lipinski definition) is 3. The zero-order chi connectivity index (χ0) is 12.8. The van der Waals surface area contributed by atoms with Gasteiger partial charge in [-0.2, -0.15) is 12.6 Å². The highest BCUT2D eigenvalue weighted by molar-refractivity contribution is 7.80. The summed E-state index contributed by atoms with van der Waals surface area (Å²) in [6.45, 7) is 4.18. The average Bonchev–Trinajstić information content (AvgIpc) is 2.68. The lowest BCUT2D eigenvalue weighted by Crippen LogP contribution is -2.48. The van der Waals surface area contributed by atoms with Crippen molar-refractivity contribution in [2.24, 2.45) is 5.92 Å². The molecule has 1 fully saturated rings. The lowest BCUT2D eigenvalue weighted by molar-refractivity contribution is -0.127. The van der Waals surface area contributed by atoms with Crippen LogP contribution in [0.15, 0.2) is 0 Å². The van der Waals surface area contributed by atoms with Crippen molar-refractivity contribution in [3.8, 4) is 0 Å². The van der Waals surface area contributed by atoms with Gasteiger partial charge < -0.3 is 15.5 Å². The Morgan fingerprint density at radius 3 is 2.71 bits per heavy atom. The molecule has 1 aliphatic rings. The van der Waals surface area contributed by atoms with Crippen LogP contribution in [0, 0.1) is 5.92 Å². The van der Waals surface area contributed by atoms with Crippen molar-refractivity contribution in [1.82, 2.24) is 15.5 Å². The molecule has 2 amide bonds. The highest BCUT2D eigenvalue weighted by atomic mass is 32.1. The zero-order valence-electron chi connectivity index (χ0n) is 10.4. The molecule has 0 aromatic heterocycles. The van der Waals surface area contributed by atoms with E-state index >= 15 is 0 Å². The van der Waals surface area contributed by atoms with Crippen molar-refractivity contribution < 1.29 is 9.59 Å². The Hall–Kier alpha value is -0.750. The van der Waals surface area contributed by atoms with Gasteiger partial charge in [0.05, 0.1) is 0 Å². The summed E-state index contributed by atoms with van der Waals surface area (Å²) in [4.78, 5) is 24.9. The van der Waals surface area contributed by atoms with Gasteiger partial charge in [0, 0.05) is 25.8 Å². The minimum atomic E-state index is -0.532. The van der Waals surface area contributed by atoms with Gasteiger partial charge in [0.25, 0.3) is 0 Å². The number of hydrogen-bond acceptors (Lipinski definition) is 4. The maximum absolute atomic E-state index is 11.8. The average molecular weight is 259 g/mol. The first kappa shape index (κ1) is 14.3. The second kappa shape index (κ2) is 6.86. The van der Waals surface area contributed by atoms with Crippen LogP contribution in [0.25, 0.3) is 0 Å². The highest BCUT2D eigenvalue weighted by Gasteiger charge is 2.22. The van der Waals surface area contributed by atoms with E-state index in [-0.39, 0.29) is 11.8 Å². The first-order chi connectivity index (χ1) is 8.02. The van der Waals surface area contributed by atoms with Crippen molar-refractivity contribution in [2.75, 3.05) is 32.4 Å². The van der Waals surface area contributed by atoms with Crippen LogP contribution in [0.1, 0.15) is 13.3 Å². The summed E-state index contributed by atoms with van der Waals surface area (Å²) < 4.78 is 0. The number of amides is 2. The molecular formula is C11H21N3O2S. The van der Waals surface area contributed by atoms with E-state index < -0.39 is 6.04 Å². The van der Waals surface area contributed by atoms with Gasteiger partial charge in [0.15, 0.2) is 0 Å². The van der Waals surface area contributed by atoms with Gasteiger partial charge in [0.2, 0.25) is 11.8 Å². The van der Waals surface area contributed by atoms with Crippen LogP contribution in [-0.4, -0.2) is 55.2 Å². The maximum atomic E-state index is 11.8. The van der Waals surface area contributed by atoms with E-state index in [0.717, 1.165) is 19.5 Å². The molecular weight excluding hydrogens is 238 g/mol. The molecule has 6 heteroatoms. The molecule has 2 unspecified atom stereocenters. The van der Waals surface area contributed by atoms with Crippen LogP contribution in [0.4, 0.5) is 0 Å². The third-order valence-electron chi connectivity index (χ3n) is 2.93. The van der Waals surface area contributed by atoms with Crippen molar-refractivity contribution in [2.45, 2.75) is 19.4 Å². The van der Waals surface area contributed by atoms with Gasteiger partial charge in [-0.05, 0) is 25.9 Å².